The summed E-state index contributed by atoms with van der Waals surface area (Å²) in [5, 5.41) is 3.75. The van der Waals surface area contributed by atoms with Gasteiger partial charge in [-0.3, -0.25) is 13.9 Å². The zero-order chi connectivity index (χ0) is 31.5. The summed E-state index contributed by atoms with van der Waals surface area (Å²) >= 11 is 6.54. The Hall–Kier alpha value is -3.56. The van der Waals surface area contributed by atoms with E-state index in [2.05, 4.69) is 5.32 Å². The molecule has 0 spiro atoms. The number of rotatable bonds is 14. The molecular formula is C34H42ClN3O5S. The average molecular weight is 640 g/mol. The number of methoxy groups -OCH3 is 1. The van der Waals surface area contributed by atoms with Gasteiger partial charge in [0.2, 0.25) is 21.8 Å². The molecular weight excluding hydrogens is 598 g/mol. The van der Waals surface area contributed by atoms with Crippen molar-refractivity contribution in [2.75, 3.05) is 24.2 Å². The van der Waals surface area contributed by atoms with Crippen LogP contribution >= 0.6 is 11.6 Å². The monoisotopic (exact) mass is 639 g/mol. The Morgan fingerprint density at radius 2 is 1.61 bits per heavy atom. The van der Waals surface area contributed by atoms with Gasteiger partial charge in [-0.15, -0.1) is 0 Å². The largest absolute Gasteiger partial charge is 0.497 e. The third-order valence-corrected chi connectivity index (χ3v) is 9.60. The smallest absolute Gasteiger partial charge is 0.243 e. The van der Waals surface area contributed by atoms with Crippen molar-refractivity contribution in [2.24, 2.45) is 0 Å². The van der Waals surface area contributed by atoms with E-state index in [1.165, 1.54) is 4.31 Å². The van der Waals surface area contributed by atoms with Crippen LogP contribution in [0.25, 0.3) is 0 Å². The molecule has 3 aromatic carbocycles. The summed E-state index contributed by atoms with van der Waals surface area (Å²) in [4.78, 5) is 29.6. The standard InChI is InChI=1S/C34H42ClN3O5S/c1-43-30-21-19-29(20-22-30)38(44(2,41)42)23-11-18-33(39)37(25-27-14-9-10-17-31(27)35)32(24-26-12-5-3-6-13-26)34(40)36-28-15-7-4-8-16-28/h3,5-6,9-10,12-14,17,19-22,28,32H,4,7-8,11,15-16,18,23-25H2,1-2H3,(H,36,40)/t32-/m1/s1. The first-order valence-corrected chi connectivity index (χ1v) is 17.4. The van der Waals surface area contributed by atoms with Crippen LogP contribution in [0.15, 0.2) is 78.9 Å². The number of hydrogen-bond donors (Lipinski definition) is 1. The fourth-order valence-electron chi connectivity index (χ4n) is 5.66. The molecule has 0 unspecified atom stereocenters. The summed E-state index contributed by atoms with van der Waals surface area (Å²) in [6.45, 7) is 0.261. The van der Waals surface area contributed by atoms with Crippen molar-refractivity contribution < 1.29 is 22.7 Å². The lowest BCUT2D eigenvalue weighted by Gasteiger charge is -2.34. The molecule has 4 rings (SSSR count). The Labute approximate surface area is 266 Å². The second-order valence-electron chi connectivity index (χ2n) is 11.3. The maximum Gasteiger partial charge on any atom is 0.243 e. The Morgan fingerprint density at radius 1 is 0.955 bits per heavy atom. The first-order valence-electron chi connectivity index (χ1n) is 15.1. The summed E-state index contributed by atoms with van der Waals surface area (Å²) < 4.78 is 31.9. The van der Waals surface area contributed by atoms with Crippen LogP contribution in [0.1, 0.15) is 56.1 Å². The highest BCUT2D eigenvalue weighted by atomic mass is 35.5. The van der Waals surface area contributed by atoms with Crippen LogP contribution in [0.4, 0.5) is 5.69 Å². The van der Waals surface area contributed by atoms with Gasteiger partial charge in [0.15, 0.2) is 0 Å². The quantitative estimate of drug-likeness (QED) is 0.234. The van der Waals surface area contributed by atoms with E-state index in [1.54, 1.807) is 42.3 Å². The molecule has 0 aromatic heterocycles. The number of amides is 2. The lowest BCUT2D eigenvalue weighted by Crippen LogP contribution is -2.53. The molecule has 8 nitrogen and oxygen atoms in total. The first kappa shape index (κ1) is 33.3. The van der Waals surface area contributed by atoms with Gasteiger partial charge < -0.3 is 15.0 Å². The normalized spacial score (nSPS) is 14.4. The third kappa shape index (κ3) is 9.47. The molecule has 1 N–H and O–H groups in total. The van der Waals surface area contributed by atoms with Gasteiger partial charge in [0.25, 0.3) is 0 Å². The van der Waals surface area contributed by atoms with Gasteiger partial charge in [0.05, 0.1) is 19.1 Å². The van der Waals surface area contributed by atoms with Gasteiger partial charge in [0.1, 0.15) is 11.8 Å². The Bertz CT molecular complexity index is 1480. The number of nitrogens with zero attached hydrogens (tertiary/aromatic N) is 2. The van der Waals surface area contributed by atoms with Crippen molar-refractivity contribution in [3.63, 3.8) is 0 Å². The lowest BCUT2D eigenvalue weighted by molar-refractivity contribution is -0.141. The van der Waals surface area contributed by atoms with Gasteiger partial charge in [0, 0.05) is 37.0 Å². The summed E-state index contributed by atoms with van der Waals surface area (Å²) in [5.41, 5.74) is 2.17. The van der Waals surface area contributed by atoms with Gasteiger partial charge in [-0.05, 0) is 60.7 Å². The second kappa shape index (κ2) is 16.0. The minimum Gasteiger partial charge on any atom is -0.497 e. The van der Waals surface area contributed by atoms with E-state index in [1.807, 2.05) is 48.5 Å². The molecule has 1 fully saturated rings. The molecule has 0 bridgehead atoms. The third-order valence-electron chi connectivity index (χ3n) is 8.03. The molecule has 1 saturated carbocycles. The minimum absolute atomic E-state index is 0.0502. The molecule has 0 aliphatic heterocycles. The molecule has 44 heavy (non-hydrogen) atoms. The highest BCUT2D eigenvalue weighted by Gasteiger charge is 2.32. The number of ether oxygens (including phenoxy) is 1. The molecule has 3 aromatic rings. The van der Waals surface area contributed by atoms with Crippen LogP contribution in [0.2, 0.25) is 5.02 Å². The van der Waals surface area contributed by atoms with Crippen LogP contribution in [0.3, 0.4) is 0 Å². The van der Waals surface area contributed by atoms with Crippen LogP contribution in [0.5, 0.6) is 5.75 Å². The molecule has 1 aliphatic rings. The fourth-order valence-corrected chi connectivity index (χ4v) is 6.82. The minimum atomic E-state index is -3.61. The number of halogens is 1. The number of sulfonamides is 1. The van der Waals surface area contributed by atoms with Crippen molar-refractivity contribution >= 4 is 39.1 Å². The van der Waals surface area contributed by atoms with Gasteiger partial charge in [-0.2, -0.15) is 0 Å². The van der Waals surface area contributed by atoms with Crippen LogP contribution in [0, 0.1) is 0 Å². The zero-order valence-corrected chi connectivity index (χ0v) is 27.0. The Balaban J connectivity index is 1.58. The predicted molar refractivity (Wildman–Crippen MR) is 175 cm³/mol. The van der Waals surface area contributed by atoms with Crippen LogP contribution in [-0.2, 0) is 32.6 Å². The van der Waals surface area contributed by atoms with E-state index in [9.17, 15) is 18.0 Å². The highest BCUT2D eigenvalue weighted by Crippen LogP contribution is 2.25. The van der Waals surface area contributed by atoms with Crippen molar-refractivity contribution in [3.8, 4) is 5.75 Å². The summed E-state index contributed by atoms with van der Waals surface area (Å²) in [6, 6.07) is 23.1. The molecule has 1 atom stereocenters. The van der Waals surface area contributed by atoms with Gasteiger partial charge in [-0.1, -0.05) is 79.4 Å². The molecule has 236 valence electrons. The number of anilines is 1. The van der Waals surface area contributed by atoms with E-state index >= 15 is 0 Å². The van der Waals surface area contributed by atoms with Crippen molar-refractivity contribution in [2.45, 2.75) is 70.0 Å². The van der Waals surface area contributed by atoms with Crippen molar-refractivity contribution in [1.82, 2.24) is 10.2 Å². The van der Waals surface area contributed by atoms with E-state index in [-0.39, 0.29) is 43.8 Å². The molecule has 10 heteroatoms. The fraction of sp³-hybridized carbons (Fsp3) is 0.412. The number of benzene rings is 3. The molecule has 2 amide bonds. The summed E-state index contributed by atoms with van der Waals surface area (Å²) in [7, 11) is -2.07. The predicted octanol–water partition coefficient (Wildman–Crippen LogP) is 5.98. The topological polar surface area (TPSA) is 96.0 Å². The number of carbonyl (C=O) groups excluding carboxylic acids is 2. The molecule has 0 heterocycles. The maximum absolute atomic E-state index is 14.1. The van der Waals surface area contributed by atoms with E-state index in [0.717, 1.165) is 49.5 Å². The van der Waals surface area contributed by atoms with Crippen LogP contribution in [-0.4, -0.2) is 57.1 Å². The first-order chi connectivity index (χ1) is 21.2. The Morgan fingerprint density at radius 3 is 2.25 bits per heavy atom. The highest BCUT2D eigenvalue weighted by molar-refractivity contribution is 7.92. The summed E-state index contributed by atoms with van der Waals surface area (Å²) in [6.07, 6.45) is 6.96. The molecule has 0 saturated heterocycles. The molecule has 0 radical (unpaired) electrons. The Kier molecular flexibility index (Phi) is 12.1. The lowest BCUT2D eigenvalue weighted by atomic mass is 9.94. The van der Waals surface area contributed by atoms with Crippen LogP contribution < -0.4 is 14.4 Å². The number of hydrogen-bond acceptors (Lipinski definition) is 5. The van der Waals surface area contributed by atoms with E-state index in [4.69, 9.17) is 16.3 Å². The van der Waals surface area contributed by atoms with Gasteiger partial charge >= 0.3 is 0 Å². The second-order valence-corrected chi connectivity index (χ2v) is 13.6. The molecule has 1 aliphatic carbocycles. The van der Waals surface area contributed by atoms with Gasteiger partial charge in [-0.25, -0.2) is 8.42 Å². The van der Waals surface area contributed by atoms with Crippen molar-refractivity contribution in [1.29, 1.82) is 0 Å². The van der Waals surface area contributed by atoms with E-state index < -0.39 is 16.1 Å². The maximum atomic E-state index is 14.1. The zero-order valence-electron chi connectivity index (χ0n) is 25.5. The average Bonchev–Trinajstić information content (AvgIpc) is 3.02. The van der Waals surface area contributed by atoms with Crippen molar-refractivity contribution in [3.05, 3.63) is 95.0 Å². The van der Waals surface area contributed by atoms with E-state index in [0.29, 0.717) is 22.9 Å². The SMILES string of the molecule is COc1ccc(N(CCCC(=O)N(Cc2ccccc2Cl)[C@H](Cc2ccccc2)C(=O)NC2CCCCC2)S(C)(=O)=O)cc1. The number of nitrogens with one attached hydrogen (secondary N) is 1. The summed E-state index contributed by atoms with van der Waals surface area (Å²) in [5.74, 6) is 0.188. The number of carbonyl (C=O) groups is 2.